The van der Waals surface area contributed by atoms with Crippen LogP contribution in [0, 0.1) is 18.8 Å². The lowest BCUT2D eigenvalue weighted by Gasteiger charge is -2.36. The number of aliphatic hydroxyl groups excluding tert-OH is 1. The molecule has 0 unspecified atom stereocenters. The van der Waals surface area contributed by atoms with E-state index in [9.17, 15) is 9.90 Å². The van der Waals surface area contributed by atoms with Gasteiger partial charge in [-0.05, 0) is 118 Å². The van der Waals surface area contributed by atoms with E-state index in [1.54, 1.807) is 13.3 Å². The van der Waals surface area contributed by atoms with Gasteiger partial charge in [0.05, 0.1) is 19.3 Å². The fourth-order valence-electron chi connectivity index (χ4n) is 6.43. The van der Waals surface area contributed by atoms with Crippen molar-refractivity contribution in [3.8, 4) is 5.75 Å². The first-order valence-electron chi connectivity index (χ1n) is 15.1. The van der Waals surface area contributed by atoms with Crippen LogP contribution in [-0.2, 0) is 4.79 Å². The van der Waals surface area contributed by atoms with Crippen LogP contribution < -0.4 is 15.4 Å². The van der Waals surface area contributed by atoms with Gasteiger partial charge in [-0.3, -0.25) is 9.79 Å². The third-order valence-corrected chi connectivity index (χ3v) is 9.13. The second kappa shape index (κ2) is 13.0. The maximum atomic E-state index is 14.0. The zero-order valence-corrected chi connectivity index (χ0v) is 24.1. The van der Waals surface area contributed by atoms with Gasteiger partial charge in [-0.15, -0.1) is 0 Å². The summed E-state index contributed by atoms with van der Waals surface area (Å²) in [6.07, 6.45) is 12.9. The van der Waals surface area contributed by atoms with E-state index in [4.69, 9.17) is 10.5 Å². The van der Waals surface area contributed by atoms with Crippen LogP contribution >= 0.6 is 0 Å². The van der Waals surface area contributed by atoms with Crippen LogP contribution in [0.2, 0.25) is 0 Å². The van der Waals surface area contributed by atoms with Crippen molar-refractivity contribution in [1.82, 2.24) is 0 Å². The monoisotopic (exact) mass is 543 g/mol. The van der Waals surface area contributed by atoms with E-state index < -0.39 is 0 Å². The molecule has 3 aliphatic carbocycles. The summed E-state index contributed by atoms with van der Waals surface area (Å²) in [6.45, 7) is 2.84. The lowest BCUT2D eigenvalue weighted by Crippen LogP contribution is -2.41. The topological polar surface area (TPSA) is 88.1 Å². The van der Waals surface area contributed by atoms with Gasteiger partial charge in [0.25, 0.3) is 0 Å². The van der Waals surface area contributed by atoms with E-state index in [1.807, 2.05) is 23.2 Å². The molecule has 0 aromatic heterocycles. The highest BCUT2D eigenvalue weighted by Gasteiger charge is 2.32. The Kier molecular flexibility index (Phi) is 9.25. The lowest BCUT2D eigenvalue weighted by atomic mass is 9.78. The van der Waals surface area contributed by atoms with Crippen LogP contribution in [0.1, 0.15) is 86.8 Å². The van der Waals surface area contributed by atoms with Crippen molar-refractivity contribution >= 4 is 23.4 Å². The van der Waals surface area contributed by atoms with E-state index >= 15 is 0 Å². The van der Waals surface area contributed by atoms with Gasteiger partial charge in [-0.2, -0.15) is 0 Å². The van der Waals surface area contributed by atoms with Crippen molar-refractivity contribution in [3.63, 3.8) is 0 Å². The molecule has 2 aromatic rings. The van der Waals surface area contributed by atoms with E-state index in [2.05, 4.69) is 42.2 Å². The number of anilines is 1. The van der Waals surface area contributed by atoms with E-state index in [0.717, 1.165) is 80.5 Å². The highest BCUT2D eigenvalue weighted by molar-refractivity contribution is 6.10. The van der Waals surface area contributed by atoms with Crippen LogP contribution in [0.15, 0.2) is 53.7 Å². The molecule has 0 saturated heterocycles. The van der Waals surface area contributed by atoms with E-state index in [1.165, 1.54) is 11.1 Å². The summed E-state index contributed by atoms with van der Waals surface area (Å²) in [6, 6.07) is 15.2. The normalized spacial score (nSPS) is 25.6. The smallest absolute Gasteiger partial charge is 0.230 e. The predicted molar refractivity (Wildman–Crippen MR) is 163 cm³/mol. The van der Waals surface area contributed by atoms with Crippen molar-refractivity contribution in [1.29, 1.82) is 0 Å². The van der Waals surface area contributed by atoms with Crippen LogP contribution in [0.3, 0.4) is 0 Å². The number of carbonyl (C=O) groups is 1. The summed E-state index contributed by atoms with van der Waals surface area (Å²) in [5, 5.41) is 10.0. The molecule has 0 bridgehead atoms. The first-order valence-corrected chi connectivity index (χ1v) is 15.1. The van der Waals surface area contributed by atoms with Crippen molar-refractivity contribution in [2.45, 2.75) is 89.2 Å². The van der Waals surface area contributed by atoms with Crippen molar-refractivity contribution in [2.24, 2.45) is 22.6 Å². The molecule has 5 rings (SSSR count). The summed E-state index contributed by atoms with van der Waals surface area (Å²) < 4.78 is 5.46. The number of rotatable bonds is 9. The number of nitrogens with two attached hydrogens (primary N) is 1. The Labute approximate surface area is 239 Å². The molecule has 0 atom stereocenters. The third-order valence-electron chi connectivity index (χ3n) is 9.13. The molecule has 6 heteroatoms. The number of amides is 1. The van der Waals surface area contributed by atoms with Gasteiger partial charge in [0.1, 0.15) is 5.75 Å². The van der Waals surface area contributed by atoms with Crippen molar-refractivity contribution < 1.29 is 14.6 Å². The first kappa shape index (κ1) is 28.4. The van der Waals surface area contributed by atoms with Gasteiger partial charge in [-0.25, -0.2) is 0 Å². The molecule has 3 fully saturated rings. The highest BCUT2D eigenvalue weighted by atomic mass is 16.5. The molecule has 2 aromatic carbocycles. The van der Waals surface area contributed by atoms with Gasteiger partial charge in [-0.1, -0.05) is 24.3 Å². The number of methoxy groups -OCH3 is 1. The van der Waals surface area contributed by atoms with Gasteiger partial charge < -0.3 is 20.5 Å². The molecule has 0 heterocycles. The number of allylic oxidation sites excluding steroid dienone is 1. The summed E-state index contributed by atoms with van der Waals surface area (Å²) in [5.41, 5.74) is 11.4. The number of ether oxygens (including phenoxy) is 1. The molecule has 0 aliphatic heterocycles. The molecular weight excluding hydrogens is 498 g/mol. The number of aryl methyl sites for hydroxylation is 1. The molecule has 3 saturated carbocycles. The zero-order valence-electron chi connectivity index (χ0n) is 24.1. The average molecular weight is 544 g/mol. The molecule has 0 radical (unpaired) electrons. The SMILES string of the molecule is COc1ccc(C2CCC(CN(C(=O)C3CCC(O)CC3)c3cccc(C(C=NC4CC4)=CN)c3)CC2)cc1C. The number of aliphatic imine (C=N–C) groups is 1. The number of benzene rings is 2. The predicted octanol–water partition coefficient (Wildman–Crippen LogP) is 6.39. The third kappa shape index (κ3) is 6.95. The maximum Gasteiger partial charge on any atom is 0.230 e. The van der Waals surface area contributed by atoms with Crippen LogP contribution in [0.25, 0.3) is 5.57 Å². The molecule has 40 heavy (non-hydrogen) atoms. The summed E-state index contributed by atoms with van der Waals surface area (Å²) >= 11 is 0. The quantitative estimate of drug-likeness (QED) is 0.359. The van der Waals surface area contributed by atoms with Crippen LogP contribution in [0.5, 0.6) is 5.75 Å². The van der Waals surface area contributed by atoms with Crippen molar-refractivity contribution in [2.75, 3.05) is 18.6 Å². The van der Waals surface area contributed by atoms with Gasteiger partial charge in [0.15, 0.2) is 0 Å². The highest BCUT2D eigenvalue weighted by Crippen LogP contribution is 2.39. The molecule has 214 valence electrons. The molecule has 3 aliphatic rings. The average Bonchev–Trinajstić information content (AvgIpc) is 3.81. The van der Waals surface area contributed by atoms with Crippen LogP contribution in [-0.4, -0.2) is 43.0 Å². The Morgan fingerprint density at radius 1 is 1.02 bits per heavy atom. The van der Waals surface area contributed by atoms with Gasteiger partial charge in [0.2, 0.25) is 5.91 Å². The summed E-state index contributed by atoms with van der Waals surface area (Å²) in [4.78, 5) is 20.7. The Morgan fingerprint density at radius 3 is 2.42 bits per heavy atom. The van der Waals surface area contributed by atoms with E-state index in [0.29, 0.717) is 30.7 Å². The van der Waals surface area contributed by atoms with E-state index in [-0.39, 0.29) is 17.9 Å². The second-order valence-electron chi connectivity index (χ2n) is 12.1. The molecule has 6 nitrogen and oxygen atoms in total. The minimum absolute atomic E-state index is 0.0355. The first-order chi connectivity index (χ1) is 19.4. The lowest BCUT2D eigenvalue weighted by molar-refractivity contribution is -0.124. The van der Waals surface area contributed by atoms with Gasteiger partial charge >= 0.3 is 0 Å². The van der Waals surface area contributed by atoms with Gasteiger partial charge in [0, 0.05) is 36.1 Å². The fraction of sp³-hybridized carbons (Fsp3) is 0.529. The number of carbonyl (C=O) groups excluding carboxylic acids is 1. The van der Waals surface area contributed by atoms with Crippen LogP contribution in [0.4, 0.5) is 5.69 Å². The number of hydrogen-bond donors (Lipinski definition) is 2. The zero-order chi connectivity index (χ0) is 28.1. The standard InChI is InChI=1S/C34H45N3O3/c1-23-18-28(12-17-33(23)40-2)25-8-6-24(7-9-25)22-37(34(39)26-10-15-32(38)16-11-26)31-5-3-4-27(19-31)29(20-35)21-36-30-13-14-30/h3-5,12,17-21,24-26,30,32,38H,6-11,13-16,22,35H2,1-2H3. The minimum Gasteiger partial charge on any atom is -0.496 e. The Hall–Kier alpha value is -3.12. The molecule has 0 spiro atoms. The maximum absolute atomic E-state index is 14.0. The Bertz CT molecular complexity index is 1220. The second-order valence-corrected chi connectivity index (χ2v) is 12.1. The molecule has 3 N–H and O–H groups in total. The summed E-state index contributed by atoms with van der Waals surface area (Å²) in [5.74, 6) is 2.11. The molecular formula is C34H45N3O3. The summed E-state index contributed by atoms with van der Waals surface area (Å²) in [7, 11) is 1.72. The largest absolute Gasteiger partial charge is 0.496 e. The van der Waals surface area contributed by atoms with Crippen molar-refractivity contribution in [3.05, 3.63) is 65.4 Å². The number of nitrogens with zero attached hydrogens (tertiary/aromatic N) is 2. The Morgan fingerprint density at radius 2 is 1.77 bits per heavy atom. The number of hydrogen-bond acceptors (Lipinski definition) is 5. The fourth-order valence-corrected chi connectivity index (χ4v) is 6.43. The molecule has 1 amide bonds. The minimum atomic E-state index is -0.277. The Balaban J connectivity index is 1.32. The number of aliphatic hydroxyl groups is 1.